The molecule has 1 atom stereocenters. The van der Waals surface area contributed by atoms with Gasteiger partial charge in [0.1, 0.15) is 13.3 Å². The highest BCUT2D eigenvalue weighted by Crippen LogP contribution is 2.24. The maximum atomic E-state index is 13.9. The fraction of sp³-hybridized carbons (Fsp3) is 0.500. The summed E-state index contributed by atoms with van der Waals surface area (Å²) in [6.45, 7) is 4.56. The zero-order valence-corrected chi connectivity index (χ0v) is 18.9. The predicted octanol–water partition coefficient (Wildman–Crippen LogP) is 1.39. The van der Waals surface area contributed by atoms with E-state index in [1.54, 1.807) is 6.92 Å². The van der Waals surface area contributed by atoms with Crippen molar-refractivity contribution in [1.29, 1.82) is 0 Å². The highest BCUT2D eigenvalue weighted by molar-refractivity contribution is 7.92. The zero-order chi connectivity index (χ0) is 23.9. The molecule has 0 aliphatic carbocycles. The first-order chi connectivity index (χ1) is 14.9. The number of carbonyl (C=O) groups is 2. The van der Waals surface area contributed by atoms with Gasteiger partial charge in [-0.05, 0) is 44.5 Å². The van der Waals surface area contributed by atoms with E-state index in [2.05, 4.69) is 10.0 Å². The van der Waals surface area contributed by atoms with Crippen molar-refractivity contribution in [3.05, 3.63) is 41.1 Å². The Labute approximate surface area is 186 Å². The second-order valence-corrected chi connectivity index (χ2v) is 9.51. The van der Waals surface area contributed by atoms with Gasteiger partial charge in [-0.15, -0.1) is 0 Å². The lowest BCUT2D eigenvalue weighted by molar-refractivity contribution is -0.122. The Hall–Kier alpha value is -2.54. The lowest BCUT2D eigenvalue weighted by atomic mass is 10.1. The van der Waals surface area contributed by atoms with E-state index >= 15 is 0 Å². The normalized spacial score (nSPS) is 16.3. The number of urea groups is 1. The Bertz CT molecular complexity index is 960. The fourth-order valence-corrected chi connectivity index (χ4v) is 3.67. The van der Waals surface area contributed by atoms with Crippen LogP contribution in [-0.4, -0.2) is 62.5 Å². The number of carbonyl (C=O) groups excluding carboxylic acids is 2. The Morgan fingerprint density at radius 1 is 1.38 bits per heavy atom. The SMILES string of the molecule is C[C@@H](NS(=O)(=O)/C=C/COCN1CCC(=O)NC1=O)c1ccc(F)c(OCC(C)(C)O)c1. The summed E-state index contributed by atoms with van der Waals surface area (Å²) in [7, 11) is -3.83. The van der Waals surface area contributed by atoms with E-state index in [1.807, 2.05) is 0 Å². The van der Waals surface area contributed by atoms with Crippen LogP contribution in [0.3, 0.4) is 0 Å². The number of sulfonamides is 1. The van der Waals surface area contributed by atoms with E-state index in [-0.39, 0.29) is 44.6 Å². The molecule has 0 spiro atoms. The maximum Gasteiger partial charge on any atom is 0.325 e. The molecule has 1 fully saturated rings. The van der Waals surface area contributed by atoms with E-state index in [1.165, 1.54) is 37.0 Å². The topological polar surface area (TPSA) is 134 Å². The molecule has 3 N–H and O–H groups in total. The quantitative estimate of drug-likeness (QED) is 0.414. The van der Waals surface area contributed by atoms with Gasteiger partial charge in [0, 0.05) is 24.4 Å². The number of amides is 3. The summed E-state index contributed by atoms with van der Waals surface area (Å²) < 4.78 is 51.5. The summed E-state index contributed by atoms with van der Waals surface area (Å²) in [5.41, 5.74) is -0.686. The minimum absolute atomic E-state index is 0.0709. The molecule has 1 saturated heterocycles. The number of benzene rings is 1. The van der Waals surface area contributed by atoms with Gasteiger partial charge in [-0.1, -0.05) is 6.07 Å². The standard InChI is InChI=1S/C20H28FN3O7S/c1-14(15-5-6-16(21)17(11-15)31-12-20(2,3)27)23-32(28,29)10-4-9-30-13-24-8-7-18(25)22-19(24)26/h4-6,10-11,14,23,27H,7-9,12-13H2,1-3H3,(H,22,25,26)/b10-4+/t14-/m1/s1. The van der Waals surface area contributed by atoms with Gasteiger partial charge in [0.25, 0.3) is 0 Å². The second kappa shape index (κ2) is 10.9. The van der Waals surface area contributed by atoms with Crippen LogP contribution in [-0.2, 0) is 19.6 Å². The van der Waals surface area contributed by atoms with E-state index < -0.39 is 33.5 Å². The molecule has 178 valence electrons. The monoisotopic (exact) mass is 473 g/mol. The molecule has 0 radical (unpaired) electrons. The van der Waals surface area contributed by atoms with E-state index in [0.29, 0.717) is 5.56 Å². The molecule has 1 aliphatic rings. The van der Waals surface area contributed by atoms with Crippen molar-refractivity contribution in [2.24, 2.45) is 0 Å². The molecule has 0 saturated carbocycles. The zero-order valence-electron chi connectivity index (χ0n) is 18.1. The van der Waals surface area contributed by atoms with Gasteiger partial charge in [0.2, 0.25) is 15.9 Å². The molecule has 10 nitrogen and oxygen atoms in total. The Morgan fingerprint density at radius 2 is 2.09 bits per heavy atom. The highest BCUT2D eigenvalue weighted by Gasteiger charge is 2.22. The third-order valence-corrected chi connectivity index (χ3v) is 5.49. The third-order valence-electron chi connectivity index (χ3n) is 4.26. The minimum Gasteiger partial charge on any atom is -0.488 e. The molecule has 1 aromatic rings. The summed E-state index contributed by atoms with van der Waals surface area (Å²) in [5.74, 6) is -1.07. The predicted molar refractivity (Wildman–Crippen MR) is 113 cm³/mol. The summed E-state index contributed by atoms with van der Waals surface area (Å²) >= 11 is 0. The number of nitrogens with one attached hydrogen (secondary N) is 2. The smallest absolute Gasteiger partial charge is 0.325 e. The van der Waals surface area contributed by atoms with Crippen LogP contribution in [0, 0.1) is 5.82 Å². The summed E-state index contributed by atoms with van der Waals surface area (Å²) in [6, 6.07) is 2.72. The number of halogens is 1. The van der Waals surface area contributed by atoms with Crippen LogP contribution in [0.1, 0.15) is 38.8 Å². The molecular weight excluding hydrogens is 445 g/mol. The van der Waals surface area contributed by atoms with Crippen LogP contribution in [0.15, 0.2) is 29.7 Å². The fourth-order valence-electron chi connectivity index (χ4n) is 2.63. The van der Waals surface area contributed by atoms with Gasteiger partial charge < -0.3 is 19.5 Å². The van der Waals surface area contributed by atoms with Crippen molar-refractivity contribution in [1.82, 2.24) is 14.9 Å². The van der Waals surface area contributed by atoms with Crippen molar-refractivity contribution in [3.8, 4) is 5.75 Å². The van der Waals surface area contributed by atoms with E-state index in [0.717, 1.165) is 11.5 Å². The molecule has 2 rings (SSSR count). The molecule has 1 aliphatic heterocycles. The molecule has 1 heterocycles. The van der Waals surface area contributed by atoms with E-state index in [4.69, 9.17) is 9.47 Å². The number of hydrogen-bond donors (Lipinski definition) is 3. The molecule has 0 unspecified atom stereocenters. The second-order valence-electron chi connectivity index (χ2n) is 7.91. The third kappa shape index (κ3) is 8.54. The summed E-state index contributed by atoms with van der Waals surface area (Å²) in [6.07, 6.45) is 1.44. The molecule has 0 aromatic heterocycles. The summed E-state index contributed by atoms with van der Waals surface area (Å²) in [4.78, 5) is 23.9. The molecule has 0 bridgehead atoms. The molecule has 32 heavy (non-hydrogen) atoms. The van der Waals surface area contributed by atoms with E-state index in [9.17, 15) is 27.5 Å². The van der Waals surface area contributed by atoms with Crippen LogP contribution in [0.25, 0.3) is 0 Å². The van der Waals surface area contributed by atoms with Gasteiger partial charge in [0.15, 0.2) is 11.6 Å². The number of nitrogens with zero attached hydrogens (tertiary/aromatic N) is 1. The first-order valence-corrected chi connectivity index (χ1v) is 11.4. The Morgan fingerprint density at radius 3 is 2.75 bits per heavy atom. The lowest BCUT2D eigenvalue weighted by Gasteiger charge is -2.25. The number of imide groups is 1. The number of aliphatic hydroxyl groups is 1. The average Bonchev–Trinajstić information content (AvgIpc) is 2.67. The average molecular weight is 474 g/mol. The van der Waals surface area contributed by atoms with Gasteiger partial charge in [-0.2, -0.15) is 0 Å². The van der Waals surface area contributed by atoms with Crippen molar-refractivity contribution in [2.45, 2.75) is 38.8 Å². The Kier molecular flexibility index (Phi) is 8.73. The largest absolute Gasteiger partial charge is 0.488 e. The van der Waals surface area contributed by atoms with Crippen LogP contribution < -0.4 is 14.8 Å². The lowest BCUT2D eigenvalue weighted by Crippen LogP contribution is -2.50. The van der Waals surface area contributed by atoms with Gasteiger partial charge in [0.05, 0.1) is 12.2 Å². The van der Waals surface area contributed by atoms with Crippen LogP contribution in [0.4, 0.5) is 9.18 Å². The number of rotatable bonds is 11. The van der Waals surface area contributed by atoms with Gasteiger partial charge in [-0.3, -0.25) is 10.1 Å². The molecular formula is C20H28FN3O7S. The van der Waals surface area contributed by atoms with Crippen molar-refractivity contribution < 1.29 is 37.0 Å². The number of hydrogen-bond acceptors (Lipinski definition) is 7. The van der Waals surface area contributed by atoms with Crippen molar-refractivity contribution in [2.75, 3.05) is 26.5 Å². The molecule has 3 amide bonds. The first-order valence-electron chi connectivity index (χ1n) is 9.86. The molecule has 12 heteroatoms. The van der Waals surface area contributed by atoms with Crippen LogP contribution in [0.2, 0.25) is 0 Å². The van der Waals surface area contributed by atoms with Crippen molar-refractivity contribution in [3.63, 3.8) is 0 Å². The molecule has 1 aromatic carbocycles. The van der Waals surface area contributed by atoms with Gasteiger partial charge >= 0.3 is 6.03 Å². The summed E-state index contributed by atoms with van der Waals surface area (Å²) in [5, 5.41) is 12.8. The first kappa shape index (κ1) is 25.7. The Balaban J connectivity index is 1.86. The highest BCUT2D eigenvalue weighted by atomic mass is 32.2. The maximum absolute atomic E-state index is 13.9. The van der Waals surface area contributed by atoms with Crippen molar-refractivity contribution >= 4 is 22.0 Å². The van der Waals surface area contributed by atoms with Gasteiger partial charge in [-0.25, -0.2) is 22.3 Å². The number of ether oxygens (including phenoxy) is 2. The van der Waals surface area contributed by atoms with Crippen LogP contribution in [0.5, 0.6) is 5.75 Å². The van der Waals surface area contributed by atoms with Crippen LogP contribution >= 0.6 is 0 Å². The minimum atomic E-state index is -3.83.